The van der Waals surface area contributed by atoms with Crippen molar-refractivity contribution in [3.05, 3.63) is 58.9 Å². The number of ether oxygens (including phenoxy) is 2. The lowest BCUT2D eigenvalue weighted by Gasteiger charge is -2.22. The van der Waals surface area contributed by atoms with E-state index in [9.17, 15) is 4.39 Å². The number of hydrogen-bond acceptors (Lipinski definition) is 4. The zero-order valence-corrected chi connectivity index (χ0v) is 17.4. The average Bonchev–Trinajstić information content (AvgIpc) is 3.11. The molecule has 0 radical (unpaired) electrons. The van der Waals surface area contributed by atoms with Crippen molar-refractivity contribution in [2.45, 2.75) is 13.1 Å². The molecule has 0 fully saturated rings. The molecule has 1 heterocycles. The molecule has 27 heavy (non-hydrogen) atoms. The number of hydrogen-bond donors (Lipinski definition) is 1. The first-order valence-corrected chi connectivity index (χ1v) is 8.09. The van der Waals surface area contributed by atoms with E-state index in [0.29, 0.717) is 23.6 Å². The fourth-order valence-electron chi connectivity index (χ4n) is 2.71. The van der Waals surface area contributed by atoms with E-state index in [1.54, 1.807) is 19.2 Å². The summed E-state index contributed by atoms with van der Waals surface area (Å²) in [7, 11) is 3.57. The Hall–Kier alpha value is -2.54. The average molecular weight is 482 g/mol. The van der Waals surface area contributed by atoms with E-state index in [2.05, 4.69) is 10.3 Å². The normalized spacial score (nSPS) is 12.1. The molecule has 0 amide bonds. The van der Waals surface area contributed by atoms with Crippen LogP contribution in [-0.4, -0.2) is 31.7 Å². The molecule has 0 aliphatic carbocycles. The minimum atomic E-state index is -0.412. The molecule has 1 aliphatic rings. The molecule has 1 N–H and O–H groups in total. The monoisotopic (exact) mass is 482 g/mol. The molecule has 0 bridgehead atoms. The van der Waals surface area contributed by atoms with Crippen LogP contribution in [-0.2, 0) is 13.1 Å². The highest BCUT2D eigenvalue weighted by Gasteiger charge is 2.15. The topological polar surface area (TPSA) is 69.9 Å². The lowest BCUT2D eigenvalue weighted by atomic mass is 10.1. The Morgan fingerprint density at radius 3 is 2.74 bits per heavy atom. The zero-order chi connectivity index (χ0) is 18.5. The van der Waals surface area contributed by atoms with Crippen molar-refractivity contribution in [2.24, 2.45) is 4.99 Å². The van der Waals surface area contributed by atoms with Crippen molar-refractivity contribution >= 4 is 29.9 Å². The van der Waals surface area contributed by atoms with E-state index >= 15 is 0 Å². The lowest BCUT2D eigenvalue weighted by Crippen LogP contribution is -2.38. The van der Waals surface area contributed by atoms with Crippen molar-refractivity contribution < 1.29 is 13.9 Å². The number of fused-ring (bicyclic) bond motifs is 1. The van der Waals surface area contributed by atoms with Gasteiger partial charge in [-0.1, -0.05) is 12.1 Å². The Kier molecular flexibility index (Phi) is 7.24. The van der Waals surface area contributed by atoms with Gasteiger partial charge in [-0.3, -0.25) is 4.99 Å². The van der Waals surface area contributed by atoms with Crippen LogP contribution in [0.4, 0.5) is 4.39 Å². The van der Waals surface area contributed by atoms with Gasteiger partial charge >= 0.3 is 0 Å². The van der Waals surface area contributed by atoms with Gasteiger partial charge in [0.25, 0.3) is 0 Å². The SMILES string of the molecule is CN=C(NCc1ccc(C#N)cc1F)N(C)Cc1ccc2c(c1)OCO2.I. The van der Waals surface area contributed by atoms with Crippen molar-refractivity contribution in [1.82, 2.24) is 10.2 Å². The van der Waals surface area contributed by atoms with Crippen LogP contribution < -0.4 is 14.8 Å². The van der Waals surface area contributed by atoms with Crippen molar-refractivity contribution in [3.63, 3.8) is 0 Å². The molecule has 142 valence electrons. The largest absolute Gasteiger partial charge is 0.454 e. The maximum absolute atomic E-state index is 14.0. The summed E-state index contributed by atoms with van der Waals surface area (Å²) in [6.07, 6.45) is 0. The van der Waals surface area contributed by atoms with Crippen LogP contribution in [0.5, 0.6) is 11.5 Å². The molecule has 0 spiro atoms. The van der Waals surface area contributed by atoms with E-state index in [1.165, 1.54) is 6.07 Å². The fourth-order valence-corrected chi connectivity index (χ4v) is 2.71. The fraction of sp³-hybridized carbons (Fsp3) is 0.263. The lowest BCUT2D eigenvalue weighted by molar-refractivity contribution is 0.174. The summed E-state index contributed by atoms with van der Waals surface area (Å²) in [6, 6.07) is 12.1. The van der Waals surface area contributed by atoms with Gasteiger partial charge < -0.3 is 19.7 Å². The van der Waals surface area contributed by atoms with Crippen LogP contribution in [0.15, 0.2) is 41.4 Å². The number of benzene rings is 2. The van der Waals surface area contributed by atoms with Crippen molar-refractivity contribution in [1.29, 1.82) is 5.26 Å². The van der Waals surface area contributed by atoms with Crippen LogP contribution >= 0.6 is 24.0 Å². The highest BCUT2D eigenvalue weighted by Crippen LogP contribution is 2.32. The Morgan fingerprint density at radius 1 is 1.26 bits per heavy atom. The van der Waals surface area contributed by atoms with E-state index < -0.39 is 5.82 Å². The molecule has 0 unspecified atom stereocenters. The first kappa shape index (κ1) is 20.8. The van der Waals surface area contributed by atoms with Crippen LogP contribution in [0.3, 0.4) is 0 Å². The third kappa shape index (κ3) is 5.01. The summed E-state index contributed by atoms with van der Waals surface area (Å²) >= 11 is 0. The smallest absolute Gasteiger partial charge is 0.231 e. The Labute approximate surface area is 174 Å². The van der Waals surface area contributed by atoms with E-state index in [-0.39, 0.29) is 37.3 Å². The van der Waals surface area contributed by atoms with Gasteiger partial charge in [0.1, 0.15) is 5.82 Å². The van der Waals surface area contributed by atoms with E-state index in [4.69, 9.17) is 14.7 Å². The van der Waals surface area contributed by atoms with Gasteiger partial charge in [-0.15, -0.1) is 24.0 Å². The molecule has 0 saturated carbocycles. The maximum atomic E-state index is 14.0. The molecule has 0 saturated heterocycles. The van der Waals surface area contributed by atoms with Gasteiger partial charge in [0.2, 0.25) is 6.79 Å². The summed E-state index contributed by atoms with van der Waals surface area (Å²) < 4.78 is 24.7. The van der Waals surface area contributed by atoms with Crippen molar-refractivity contribution in [3.8, 4) is 17.6 Å². The summed E-state index contributed by atoms with van der Waals surface area (Å²) in [4.78, 5) is 6.17. The van der Waals surface area contributed by atoms with E-state index in [1.807, 2.05) is 36.2 Å². The Bertz CT molecular complexity index is 882. The molecule has 6 nitrogen and oxygen atoms in total. The quantitative estimate of drug-likeness (QED) is 0.412. The van der Waals surface area contributed by atoms with Gasteiger partial charge in [0, 0.05) is 32.7 Å². The summed E-state index contributed by atoms with van der Waals surface area (Å²) in [6.45, 7) is 1.12. The number of nitrogens with one attached hydrogen (secondary N) is 1. The Balaban J connectivity index is 0.00000261. The maximum Gasteiger partial charge on any atom is 0.231 e. The predicted octanol–water partition coefficient (Wildman–Crippen LogP) is 3.25. The predicted molar refractivity (Wildman–Crippen MR) is 111 cm³/mol. The molecular formula is C19H20FIN4O2. The molecule has 3 rings (SSSR count). The van der Waals surface area contributed by atoms with Gasteiger partial charge in [0.05, 0.1) is 11.6 Å². The third-order valence-electron chi connectivity index (χ3n) is 4.05. The third-order valence-corrected chi connectivity index (χ3v) is 4.05. The minimum Gasteiger partial charge on any atom is -0.454 e. The van der Waals surface area contributed by atoms with Gasteiger partial charge in [-0.25, -0.2) is 4.39 Å². The van der Waals surface area contributed by atoms with Crippen LogP contribution in [0, 0.1) is 17.1 Å². The van der Waals surface area contributed by atoms with Crippen LogP contribution in [0.1, 0.15) is 16.7 Å². The second kappa shape index (κ2) is 9.41. The summed E-state index contributed by atoms with van der Waals surface area (Å²) in [5.41, 5.74) is 1.82. The second-order valence-electron chi connectivity index (χ2n) is 5.86. The van der Waals surface area contributed by atoms with Crippen LogP contribution in [0.25, 0.3) is 0 Å². The molecule has 1 aliphatic heterocycles. The molecule has 0 aromatic heterocycles. The number of rotatable bonds is 4. The number of nitriles is 1. The minimum absolute atomic E-state index is 0. The molecule has 8 heteroatoms. The molecule has 2 aromatic carbocycles. The first-order chi connectivity index (χ1) is 12.6. The van der Waals surface area contributed by atoms with Gasteiger partial charge in [-0.2, -0.15) is 5.26 Å². The molecule has 0 atom stereocenters. The number of nitrogens with zero attached hydrogens (tertiary/aromatic N) is 3. The first-order valence-electron chi connectivity index (χ1n) is 8.09. The highest BCUT2D eigenvalue weighted by atomic mass is 127. The van der Waals surface area contributed by atoms with Crippen LogP contribution in [0.2, 0.25) is 0 Å². The number of halogens is 2. The molecule has 2 aromatic rings. The van der Waals surface area contributed by atoms with E-state index in [0.717, 1.165) is 17.1 Å². The second-order valence-corrected chi connectivity index (χ2v) is 5.86. The standard InChI is InChI=1S/C19H19FN4O2.HI/c1-22-19(23-10-15-5-3-13(9-21)7-16(15)20)24(2)11-14-4-6-17-18(8-14)26-12-25-17;/h3-8H,10-12H2,1-2H3,(H,22,23);1H. The summed E-state index contributed by atoms with van der Waals surface area (Å²) in [5, 5.41) is 11.9. The van der Waals surface area contributed by atoms with Gasteiger partial charge in [0.15, 0.2) is 17.5 Å². The number of aliphatic imine (C=N–C) groups is 1. The zero-order valence-electron chi connectivity index (χ0n) is 15.0. The Morgan fingerprint density at radius 2 is 2.04 bits per heavy atom. The summed E-state index contributed by atoms with van der Waals surface area (Å²) in [5.74, 6) is 1.70. The highest BCUT2D eigenvalue weighted by molar-refractivity contribution is 14.0. The number of guanidine groups is 1. The molecular weight excluding hydrogens is 462 g/mol. The van der Waals surface area contributed by atoms with Crippen molar-refractivity contribution in [2.75, 3.05) is 20.9 Å². The van der Waals surface area contributed by atoms with Gasteiger partial charge in [-0.05, 0) is 29.8 Å².